The maximum Gasteiger partial charge on any atom is 0.210 e. The summed E-state index contributed by atoms with van der Waals surface area (Å²) in [5, 5.41) is 0. The predicted molar refractivity (Wildman–Crippen MR) is 50.0 cm³/mol. The van der Waals surface area contributed by atoms with Crippen molar-refractivity contribution in [3.63, 3.8) is 0 Å². The van der Waals surface area contributed by atoms with Gasteiger partial charge >= 0.3 is 0 Å². The summed E-state index contributed by atoms with van der Waals surface area (Å²) in [6.07, 6.45) is -0.377. The Balaban J connectivity index is 2.50. The van der Waals surface area contributed by atoms with Gasteiger partial charge < -0.3 is 11.5 Å². The minimum absolute atomic E-state index is 0.326. The molecule has 2 rings (SSSR count). The fourth-order valence-electron chi connectivity index (χ4n) is 1.13. The largest absolute Gasteiger partial charge is 0.369 e. The Morgan fingerprint density at radius 2 is 2.33 bits per heavy atom. The van der Waals surface area contributed by atoms with Gasteiger partial charge in [-0.1, -0.05) is 0 Å². The molecule has 0 aromatic carbocycles. The van der Waals surface area contributed by atoms with E-state index in [-0.39, 0.29) is 6.17 Å². The van der Waals surface area contributed by atoms with Crippen LogP contribution >= 0.6 is 15.9 Å². The number of halogens is 1. The van der Waals surface area contributed by atoms with Crippen LogP contribution in [0.3, 0.4) is 0 Å². The smallest absolute Gasteiger partial charge is 0.210 e. The van der Waals surface area contributed by atoms with Crippen LogP contribution in [0.25, 0.3) is 0 Å². The summed E-state index contributed by atoms with van der Waals surface area (Å²) in [7, 11) is 0. The second-order valence-corrected chi connectivity index (χ2v) is 3.30. The fourth-order valence-corrected chi connectivity index (χ4v) is 1.56. The molecule has 1 aliphatic rings. The fraction of sp³-hybridized carbons (Fsp3) is 0.167. The summed E-state index contributed by atoms with van der Waals surface area (Å²) in [4.78, 5) is 3.96. The number of hydrogen-bond donors (Lipinski definition) is 3. The third kappa shape index (κ3) is 0.997. The van der Waals surface area contributed by atoms with Gasteiger partial charge in [-0.3, -0.25) is 5.43 Å². The minimum atomic E-state index is -0.377. The van der Waals surface area contributed by atoms with Gasteiger partial charge in [-0.25, -0.2) is 9.67 Å². The molecule has 1 aliphatic heterocycles. The number of nitrogens with zero attached hydrogens (tertiary/aromatic N) is 2. The van der Waals surface area contributed by atoms with E-state index in [9.17, 15) is 0 Å². The summed E-state index contributed by atoms with van der Waals surface area (Å²) in [6.45, 7) is 0. The highest BCUT2D eigenvalue weighted by atomic mass is 79.9. The van der Waals surface area contributed by atoms with Gasteiger partial charge in [0.1, 0.15) is 10.8 Å². The van der Waals surface area contributed by atoms with Gasteiger partial charge in [0.15, 0.2) is 0 Å². The Hall–Kier alpha value is -1.01. The van der Waals surface area contributed by atoms with Crippen LogP contribution in [0.1, 0.15) is 11.9 Å². The zero-order chi connectivity index (χ0) is 8.72. The second-order valence-electron chi connectivity index (χ2n) is 2.49. The van der Waals surface area contributed by atoms with E-state index in [2.05, 4.69) is 26.3 Å². The third-order valence-corrected chi connectivity index (χ3v) is 2.29. The molecule has 5 nitrogen and oxygen atoms in total. The van der Waals surface area contributed by atoms with Gasteiger partial charge in [0.25, 0.3) is 0 Å². The van der Waals surface area contributed by atoms with Crippen molar-refractivity contribution >= 4 is 21.9 Å². The number of hydrogen-bond acceptors (Lipinski definition) is 4. The van der Waals surface area contributed by atoms with Crippen molar-refractivity contribution in [3.8, 4) is 0 Å². The second kappa shape index (κ2) is 2.49. The van der Waals surface area contributed by atoms with E-state index in [1.54, 1.807) is 4.68 Å². The molecule has 1 aromatic rings. The summed E-state index contributed by atoms with van der Waals surface area (Å²) in [5.74, 6) is 0.326. The number of aromatic nitrogens is 1. The van der Waals surface area contributed by atoms with E-state index in [0.29, 0.717) is 5.96 Å². The van der Waals surface area contributed by atoms with Crippen molar-refractivity contribution in [2.45, 2.75) is 6.17 Å². The topological polar surface area (TPSA) is 81.4 Å². The maximum absolute atomic E-state index is 5.70. The van der Waals surface area contributed by atoms with Crippen LogP contribution in [0.5, 0.6) is 0 Å². The van der Waals surface area contributed by atoms with Gasteiger partial charge in [-0.05, 0) is 28.1 Å². The minimum Gasteiger partial charge on any atom is -0.369 e. The lowest BCUT2D eigenvalue weighted by Gasteiger charge is -2.20. The number of aliphatic imine (C=N–C) groups is 1. The van der Waals surface area contributed by atoms with Gasteiger partial charge in [0.2, 0.25) is 5.96 Å². The zero-order valence-electron chi connectivity index (χ0n) is 6.16. The maximum atomic E-state index is 5.70. The Labute approximate surface area is 77.5 Å². The lowest BCUT2D eigenvalue weighted by molar-refractivity contribution is 0.671. The molecule has 0 aliphatic carbocycles. The van der Waals surface area contributed by atoms with Crippen LogP contribution in [0.15, 0.2) is 21.7 Å². The third-order valence-electron chi connectivity index (χ3n) is 1.67. The normalized spacial score (nSPS) is 21.2. The van der Waals surface area contributed by atoms with Crippen LogP contribution < -0.4 is 16.9 Å². The first-order valence-corrected chi connectivity index (χ1v) is 4.21. The van der Waals surface area contributed by atoms with Gasteiger partial charge in [0, 0.05) is 0 Å². The molecule has 5 N–H and O–H groups in total. The van der Waals surface area contributed by atoms with E-state index in [0.717, 1.165) is 10.3 Å². The van der Waals surface area contributed by atoms with E-state index < -0.39 is 0 Å². The van der Waals surface area contributed by atoms with Gasteiger partial charge in [-0.15, -0.1) is 0 Å². The highest BCUT2D eigenvalue weighted by molar-refractivity contribution is 9.10. The summed E-state index contributed by atoms with van der Waals surface area (Å²) >= 11 is 3.34. The quantitative estimate of drug-likeness (QED) is 0.590. The monoisotopic (exact) mass is 229 g/mol. The molecule has 0 bridgehead atoms. The first-order valence-electron chi connectivity index (χ1n) is 3.41. The van der Waals surface area contributed by atoms with Crippen molar-refractivity contribution < 1.29 is 0 Å². The molecule has 0 saturated heterocycles. The molecule has 1 aromatic heterocycles. The number of fused-ring (bicyclic) bond motifs is 1. The highest BCUT2D eigenvalue weighted by Crippen LogP contribution is 2.21. The first-order chi connectivity index (χ1) is 5.68. The molecule has 6 heteroatoms. The Morgan fingerprint density at radius 3 is 3.08 bits per heavy atom. The lowest BCUT2D eigenvalue weighted by atomic mass is 10.3. The molecular weight excluding hydrogens is 222 g/mol. The Bertz CT molecular complexity index is 342. The van der Waals surface area contributed by atoms with Crippen LogP contribution in [-0.4, -0.2) is 10.6 Å². The van der Waals surface area contributed by atoms with Crippen molar-refractivity contribution in [1.29, 1.82) is 0 Å². The van der Waals surface area contributed by atoms with Crippen molar-refractivity contribution in [1.82, 2.24) is 4.68 Å². The van der Waals surface area contributed by atoms with E-state index >= 15 is 0 Å². The predicted octanol–water partition coefficient (Wildman–Crippen LogP) is 0.0797. The number of rotatable bonds is 0. The SMILES string of the molecule is NC1=NC(N)c2ccc(Br)n2N1. The van der Waals surface area contributed by atoms with Crippen LogP contribution in [-0.2, 0) is 0 Å². The molecule has 1 atom stereocenters. The van der Waals surface area contributed by atoms with E-state index in [1.807, 2.05) is 12.1 Å². The van der Waals surface area contributed by atoms with Crippen LogP contribution in [0.4, 0.5) is 0 Å². The van der Waals surface area contributed by atoms with E-state index in [4.69, 9.17) is 11.5 Å². The summed E-state index contributed by atoms with van der Waals surface area (Å²) in [5.41, 5.74) is 14.9. The molecule has 2 heterocycles. The van der Waals surface area contributed by atoms with Crippen molar-refractivity contribution in [3.05, 3.63) is 22.4 Å². The van der Waals surface area contributed by atoms with Crippen LogP contribution in [0.2, 0.25) is 0 Å². The molecule has 0 saturated carbocycles. The molecule has 0 radical (unpaired) electrons. The van der Waals surface area contributed by atoms with E-state index in [1.165, 1.54) is 0 Å². The lowest BCUT2D eigenvalue weighted by Crippen LogP contribution is -2.37. The average Bonchev–Trinajstić information content (AvgIpc) is 2.33. The Kier molecular flexibility index (Phi) is 1.59. The first kappa shape index (κ1) is 7.63. The molecule has 64 valence electrons. The standard InChI is InChI=1S/C6H8BrN5/c7-4-2-1-3-5(8)10-6(9)11-12(3)4/h1-2,5H,8H2,(H3,9,10,11). The number of guanidine groups is 1. The summed E-state index contributed by atoms with van der Waals surface area (Å²) < 4.78 is 2.64. The van der Waals surface area contributed by atoms with Crippen LogP contribution in [0, 0.1) is 0 Å². The molecule has 0 fully saturated rings. The summed E-state index contributed by atoms with van der Waals surface area (Å²) in [6, 6.07) is 3.77. The molecule has 1 unspecified atom stereocenters. The average molecular weight is 230 g/mol. The number of nitrogens with two attached hydrogens (primary N) is 2. The zero-order valence-corrected chi connectivity index (χ0v) is 7.75. The number of nitrogens with one attached hydrogen (secondary N) is 1. The molecule has 0 spiro atoms. The van der Waals surface area contributed by atoms with Crippen molar-refractivity contribution in [2.75, 3.05) is 5.43 Å². The Morgan fingerprint density at radius 1 is 1.58 bits per heavy atom. The molecule has 0 amide bonds. The van der Waals surface area contributed by atoms with Crippen molar-refractivity contribution in [2.24, 2.45) is 16.5 Å². The highest BCUT2D eigenvalue weighted by Gasteiger charge is 2.17. The van der Waals surface area contributed by atoms with Gasteiger partial charge in [0.05, 0.1) is 5.69 Å². The molecule has 12 heavy (non-hydrogen) atoms. The van der Waals surface area contributed by atoms with Gasteiger partial charge in [-0.2, -0.15) is 0 Å². The molecular formula is C6H8BrN5.